The highest BCUT2D eigenvalue weighted by atomic mass is 32.4. The minimum absolute atomic E-state index is 0.820. The van der Waals surface area contributed by atoms with Crippen LogP contribution in [0.15, 0.2) is 29.3 Å². The second kappa shape index (κ2) is 5.62. The standard InChI is InChI=1S/C15H23NSSi/c1-12-6-5-7-13(10-12)16-14-8-9-15(11-14)17-18(2,3)4/h5-7,10,15H,8-9,11H2,1-4H3/b16-14+. The van der Waals surface area contributed by atoms with Gasteiger partial charge in [-0.05, 0) is 43.9 Å². The van der Waals surface area contributed by atoms with Crippen LogP contribution in [-0.2, 0) is 0 Å². The Morgan fingerprint density at radius 2 is 2.06 bits per heavy atom. The van der Waals surface area contributed by atoms with Crippen LogP contribution in [0.1, 0.15) is 24.8 Å². The van der Waals surface area contributed by atoms with Crippen molar-refractivity contribution in [2.45, 2.75) is 51.1 Å². The van der Waals surface area contributed by atoms with Gasteiger partial charge in [0, 0.05) is 11.0 Å². The number of aryl methyl sites for hydroxylation is 1. The highest BCUT2D eigenvalue weighted by Crippen LogP contribution is 2.35. The molecule has 0 bridgehead atoms. The molecule has 1 aliphatic rings. The van der Waals surface area contributed by atoms with Gasteiger partial charge in [0.15, 0.2) is 0 Å². The molecule has 0 amide bonds. The Hall–Kier alpha value is -0.543. The molecule has 0 aromatic heterocycles. The van der Waals surface area contributed by atoms with Crippen molar-refractivity contribution in [1.82, 2.24) is 0 Å². The van der Waals surface area contributed by atoms with Crippen molar-refractivity contribution in [3.63, 3.8) is 0 Å². The predicted molar refractivity (Wildman–Crippen MR) is 86.9 cm³/mol. The van der Waals surface area contributed by atoms with E-state index < -0.39 is 7.22 Å². The lowest BCUT2D eigenvalue weighted by Gasteiger charge is -2.19. The van der Waals surface area contributed by atoms with E-state index in [2.05, 4.69) is 62.0 Å². The van der Waals surface area contributed by atoms with Crippen molar-refractivity contribution < 1.29 is 0 Å². The van der Waals surface area contributed by atoms with E-state index in [9.17, 15) is 0 Å². The fourth-order valence-electron chi connectivity index (χ4n) is 2.38. The average molecular weight is 278 g/mol. The Kier molecular flexibility index (Phi) is 4.33. The molecule has 1 aromatic carbocycles. The van der Waals surface area contributed by atoms with E-state index in [1.165, 1.54) is 30.5 Å². The Balaban J connectivity index is 2.00. The van der Waals surface area contributed by atoms with E-state index in [-0.39, 0.29) is 0 Å². The summed E-state index contributed by atoms with van der Waals surface area (Å²) < 4.78 is 0. The zero-order chi connectivity index (χ0) is 13.2. The summed E-state index contributed by atoms with van der Waals surface area (Å²) in [7, 11) is -0.991. The number of aliphatic imine (C=N–C) groups is 1. The predicted octanol–water partition coefficient (Wildman–Crippen LogP) is 5.19. The molecule has 0 saturated heterocycles. The maximum atomic E-state index is 4.82. The van der Waals surface area contributed by atoms with Gasteiger partial charge >= 0.3 is 0 Å². The second-order valence-electron chi connectivity index (χ2n) is 6.11. The number of benzene rings is 1. The number of hydrogen-bond donors (Lipinski definition) is 0. The van der Waals surface area contributed by atoms with Crippen LogP contribution in [0.5, 0.6) is 0 Å². The van der Waals surface area contributed by atoms with Crippen molar-refractivity contribution in [2.75, 3.05) is 0 Å². The van der Waals surface area contributed by atoms with Crippen LogP contribution in [-0.4, -0.2) is 18.2 Å². The zero-order valence-corrected chi connectivity index (χ0v) is 13.7. The number of hydrogen-bond acceptors (Lipinski definition) is 2. The summed E-state index contributed by atoms with van der Waals surface area (Å²) in [5, 5.41) is 0.820. The van der Waals surface area contributed by atoms with Gasteiger partial charge in [-0.25, -0.2) is 0 Å². The fourth-order valence-corrected chi connectivity index (χ4v) is 7.49. The molecule has 18 heavy (non-hydrogen) atoms. The molecule has 1 aromatic rings. The third kappa shape index (κ3) is 4.29. The summed E-state index contributed by atoms with van der Waals surface area (Å²) in [6.45, 7) is 9.44. The molecule has 98 valence electrons. The molecule has 1 nitrogen and oxygen atoms in total. The molecular weight excluding hydrogens is 254 g/mol. The lowest BCUT2D eigenvalue weighted by molar-refractivity contribution is 0.911. The highest BCUT2D eigenvalue weighted by molar-refractivity contribution is 8.29. The third-order valence-electron chi connectivity index (χ3n) is 3.03. The van der Waals surface area contributed by atoms with E-state index >= 15 is 0 Å². The summed E-state index contributed by atoms with van der Waals surface area (Å²) in [6.07, 6.45) is 3.71. The number of nitrogens with zero attached hydrogens (tertiary/aromatic N) is 1. The summed E-state index contributed by atoms with van der Waals surface area (Å²) in [5.74, 6) is 0. The van der Waals surface area contributed by atoms with Crippen molar-refractivity contribution in [1.29, 1.82) is 0 Å². The van der Waals surface area contributed by atoms with Crippen LogP contribution in [0.25, 0.3) is 0 Å². The second-order valence-corrected chi connectivity index (χ2v) is 15.6. The molecule has 2 rings (SSSR count). The first-order valence-electron chi connectivity index (χ1n) is 6.73. The molecule has 0 aliphatic heterocycles. The Morgan fingerprint density at radius 3 is 2.72 bits per heavy atom. The van der Waals surface area contributed by atoms with Gasteiger partial charge in [-0.2, -0.15) is 11.2 Å². The average Bonchev–Trinajstić information content (AvgIpc) is 2.62. The van der Waals surface area contributed by atoms with E-state index in [0.717, 1.165) is 10.9 Å². The van der Waals surface area contributed by atoms with Gasteiger partial charge in [-0.3, -0.25) is 4.99 Å². The van der Waals surface area contributed by atoms with Gasteiger partial charge < -0.3 is 0 Å². The van der Waals surface area contributed by atoms with Crippen LogP contribution in [0, 0.1) is 6.92 Å². The molecule has 1 atom stereocenters. The largest absolute Gasteiger partial charge is 0.258 e. The monoisotopic (exact) mass is 277 g/mol. The zero-order valence-electron chi connectivity index (χ0n) is 11.9. The maximum absolute atomic E-state index is 4.82. The van der Waals surface area contributed by atoms with Gasteiger partial charge in [-0.1, -0.05) is 31.8 Å². The minimum atomic E-state index is -0.991. The van der Waals surface area contributed by atoms with Crippen LogP contribution >= 0.6 is 11.2 Å². The molecule has 1 aliphatic carbocycles. The Bertz CT molecular complexity index is 448. The Labute approximate surface area is 116 Å². The highest BCUT2D eigenvalue weighted by Gasteiger charge is 2.26. The van der Waals surface area contributed by atoms with Crippen LogP contribution in [0.3, 0.4) is 0 Å². The third-order valence-corrected chi connectivity index (χ3v) is 7.59. The first-order valence-corrected chi connectivity index (χ1v) is 11.8. The molecular formula is C15H23NSSi. The lowest BCUT2D eigenvalue weighted by atomic mass is 10.2. The normalized spacial score (nSPS) is 22.7. The fraction of sp³-hybridized carbons (Fsp3) is 0.533. The topological polar surface area (TPSA) is 12.4 Å². The summed E-state index contributed by atoms with van der Waals surface area (Å²) in [4.78, 5) is 4.82. The SMILES string of the molecule is Cc1cccc(/N=C2\CCC(S[Si](C)(C)C)C2)c1. The Morgan fingerprint density at radius 1 is 1.28 bits per heavy atom. The van der Waals surface area contributed by atoms with Crippen molar-refractivity contribution in [2.24, 2.45) is 4.99 Å². The molecule has 0 heterocycles. The van der Waals surface area contributed by atoms with Gasteiger partial charge in [0.25, 0.3) is 0 Å². The smallest absolute Gasteiger partial charge is 0.108 e. The van der Waals surface area contributed by atoms with Crippen LogP contribution in [0.2, 0.25) is 19.6 Å². The van der Waals surface area contributed by atoms with Gasteiger partial charge in [0.1, 0.15) is 7.22 Å². The molecule has 1 unspecified atom stereocenters. The van der Waals surface area contributed by atoms with E-state index in [4.69, 9.17) is 4.99 Å². The summed E-state index contributed by atoms with van der Waals surface area (Å²) in [5.41, 5.74) is 3.82. The molecule has 0 radical (unpaired) electrons. The lowest BCUT2D eigenvalue weighted by Crippen LogP contribution is -2.18. The molecule has 0 spiro atoms. The molecule has 1 saturated carbocycles. The summed E-state index contributed by atoms with van der Waals surface area (Å²) in [6, 6.07) is 8.51. The number of rotatable bonds is 3. The van der Waals surface area contributed by atoms with E-state index in [0.29, 0.717) is 0 Å². The van der Waals surface area contributed by atoms with Crippen LogP contribution in [0.4, 0.5) is 5.69 Å². The summed E-state index contributed by atoms with van der Waals surface area (Å²) >= 11 is 2.24. The van der Waals surface area contributed by atoms with Crippen LogP contribution < -0.4 is 0 Å². The molecule has 1 fully saturated rings. The van der Waals surface area contributed by atoms with Crippen molar-refractivity contribution in [3.05, 3.63) is 29.8 Å². The van der Waals surface area contributed by atoms with Gasteiger partial charge in [0.05, 0.1) is 5.69 Å². The first-order chi connectivity index (χ1) is 8.42. The molecule has 0 N–H and O–H groups in total. The van der Waals surface area contributed by atoms with E-state index in [1.54, 1.807) is 0 Å². The minimum Gasteiger partial charge on any atom is -0.258 e. The first kappa shape index (κ1) is 13.9. The molecule has 3 heteroatoms. The van der Waals surface area contributed by atoms with E-state index in [1.807, 2.05) is 0 Å². The van der Waals surface area contributed by atoms with Gasteiger partial charge in [-0.15, -0.1) is 0 Å². The van der Waals surface area contributed by atoms with Crippen molar-refractivity contribution in [3.8, 4) is 0 Å². The van der Waals surface area contributed by atoms with Crippen molar-refractivity contribution >= 4 is 29.8 Å². The quantitative estimate of drug-likeness (QED) is 0.693. The van der Waals surface area contributed by atoms with Gasteiger partial charge in [0.2, 0.25) is 0 Å². The maximum Gasteiger partial charge on any atom is 0.108 e.